The number of aromatic amines is 2. The number of rotatable bonds is 10. The van der Waals surface area contributed by atoms with Crippen molar-refractivity contribution in [2.75, 3.05) is 14.1 Å². The fourth-order valence-electron chi connectivity index (χ4n) is 5.93. The first-order valence-electron chi connectivity index (χ1n) is 17.8. The molecule has 2 heterocycles. The molecule has 2 aromatic heterocycles. The van der Waals surface area contributed by atoms with E-state index in [1.165, 1.54) is 26.2 Å². The van der Waals surface area contributed by atoms with Crippen LogP contribution in [0.25, 0.3) is 21.8 Å². The molecular formula is C40H40F6N10O4. The maximum Gasteiger partial charge on any atom is 0.417 e. The van der Waals surface area contributed by atoms with Crippen LogP contribution >= 0.6 is 0 Å². The molecule has 0 spiro atoms. The number of nitrogens with zero attached hydrogens (tertiary/aromatic N) is 2. The Morgan fingerprint density at radius 3 is 1.62 bits per heavy atom. The van der Waals surface area contributed by atoms with Crippen LogP contribution < -0.4 is 43.0 Å². The number of halogens is 6. The third kappa shape index (κ3) is 10.5. The summed E-state index contributed by atoms with van der Waals surface area (Å²) in [5, 5.41) is 4.20. The van der Waals surface area contributed by atoms with E-state index in [4.69, 9.17) is 32.4 Å². The normalized spacial score (nSPS) is 12.2. The van der Waals surface area contributed by atoms with E-state index in [2.05, 4.69) is 30.6 Å². The van der Waals surface area contributed by atoms with E-state index >= 15 is 0 Å². The zero-order chi connectivity index (χ0) is 43.8. The lowest BCUT2D eigenvalue weighted by Crippen LogP contribution is -2.36. The van der Waals surface area contributed by atoms with Gasteiger partial charge < -0.3 is 42.4 Å². The monoisotopic (exact) mass is 838 g/mol. The Kier molecular flexibility index (Phi) is 13.7. The molecule has 6 aromatic rings. The number of aromatic nitrogens is 2. The molecule has 4 aromatic carbocycles. The van der Waals surface area contributed by atoms with Crippen LogP contribution in [0.4, 0.5) is 26.3 Å². The number of hydrogen-bond acceptors (Lipinski definition) is 8. The van der Waals surface area contributed by atoms with Gasteiger partial charge in [-0.15, -0.1) is 0 Å². The van der Waals surface area contributed by atoms with Crippen molar-refractivity contribution in [3.05, 3.63) is 130 Å². The molecule has 0 saturated heterocycles. The molecule has 60 heavy (non-hydrogen) atoms. The SMILES string of the molecule is CN=C(N)NC(=O)c1cc2c(C(F)(F)F)cc(OCc3ccccc3CN)cc2[nH]1.CN=C(N)NC(=O)c1cc2c(C(F)(F)F)ccc(OCc3ccccc3CN)c2[nH]1. The molecule has 0 atom stereocenters. The van der Waals surface area contributed by atoms with E-state index in [-0.39, 0.29) is 76.4 Å². The molecular weight excluding hydrogens is 798 g/mol. The van der Waals surface area contributed by atoms with Crippen LogP contribution in [0, 0.1) is 0 Å². The number of carbonyl (C=O) groups is 2. The van der Waals surface area contributed by atoms with Crippen molar-refractivity contribution in [1.82, 2.24) is 20.6 Å². The highest BCUT2D eigenvalue weighted by atomic mass is 19.4. The quantitative estimate of drug-likeness (QED) is 0.0476. The first kappa shape index (κ1) is 44.1. The summed E-state index contributed by atoms with van der Waals surface area (Å²) in [6.07, 6.45) is -9.25. The summed E-state index contributed by atoms with van der Waals surface area (Å²) in [6, 6.07) is 21.2. The van der Waals surface area contributed by atoms with Gasteiger partial charge in [0.05, 0.1) is 22.2 Å². The first-order chi connectivity index (χ1) is 28.5. The smallest absolute Gasteiger partial charge is 0.417 e. The number of amides is 2. The standard InChI is InChI=1S/2C20H20F3N5O2/c1-26-19(25)28-18(29)17-8-14-15(20(21,22)23)6-13(7-16(14)27-17)30-10-12-5-3-2-4-11(12)9-24;1-26-19(25)28-18(29)15-8-13-14(20(21,22)23)6-7-16(17(13)27-15)30-10-12-5-3-2-4-11(12)9-24/h2*2-8,27H,9-10,24H2,1H3,(H3,25,26,28,29). The van der Waals surface area contributed by atoms with E-state index in [0.717, 1.165) is 46.5 Å². The molecule has 0 fully saturated rings. The van der Waals surface area contributed by atoms with Crippen molar-refractivity contribution in [2.45, 2.75) is 38.7 Å². The Morgan fingerprint density at radius 1 is 0.633 bits per heavy atom. The molecule has 2 amide bonds. The molecule has 0 aliphatic carbocycles. The molecule has 0 saturated carbocycles. The highest BCUT2D eigenvalue weighted by molar-refractivity contribution is 6.08. The Balaban J connectivity index is 0.000000228. The summed E-state index contributed by atoms with van der Waals surface area (Å²) in [5.41, 5.74) is 23.7. The Hall–Kier alpha value is -7.06. The highest BCUT2D eigenvalue weighted by Crippen LogP contribution is 2.40. The van der Waals surface area contributed by atoms with Gasteiger partial charge in [0.2, 0.25) is 0 Å². The number of nitrogens with two attached hydrogens (primary N) is 4. The van der Waals surface area contributed by atoms with Crippen LogP contribution in [0.2, 0.25) is 0 Å². The van der Waals surface area contributed by atoms with E-state index in [1.807, 2.05) is 36.4 Å². The summed E-state index contributed by atoms with van der Waals surface area (Å²) in [5.74, 6) is -1.57. The number of nitrogens with one attached hydrogen (secondary N) is 4. The molecule has 14 nitrogen and oxygen atoms in total. The van der Waals surface area contributed by atoms with Gasteiger partial charge in [-0.05, 0) is 52.6 Å². The molecule has 316 valence electrons. The number of carbonyl (C=O) groups excluding carboxylic acids is 2. The summed E-state index contributed by atoms with van der Waals surface area (Å²) < 4.78 is 92.7. The van der Waals surface area contributed by atoms with Crippen LogP contribution in [0.3, 0.4) is 0 Å². The largest absolute Gasteiger partial charge is 0.489 e. The number of alkyl halides is 6. The second-order valence-electron chi connectivity index (χ2n) is 12.8. The number of aliphatic imine (C=N–C) groups is 2. The lowest BCUT2D eigenvalue weighted by atomic mass is 10.1. The number of H-pyrrole nitrogens is 2. The van der Waals surface area contributed by atoms with Crippen LogP contribution in [0.15, 0.2) is 94.9 Å². The lowest BCUT2D eigenvalue weighted by Gasteiger charge is -2.13. The molecule has 0 radical (unpaired) electrons. The van der Waals surface area contributed by atoms with Crippen LogP contribution in [0.5, 0.6) is 11.5 Å². The minimum Gasteiger partial charge on any atom is -0.489 e. The zero-order valence-electron chi connectivity index (χ0n) is 32.0. The summed E-state index contributed by atoms with van der Waals surface area (Å²) >= 11 is 0. The van der Waals surface area contributed by atoms with Crippen molar-refractivity contribution in [1.29, 1.82) is 0 Å². The second-order valence-corrected chi connectivity index (χ2v) is 12.8. The summed E-state index contributed by atoms with van der Waals surface area (Å²) in [6.45, 7) is 0.735. The molecule has 0 bridgehead atoms. The van der Waals surface area contributed by atoms with Gasteiger partial charge in [-0.25, -0.2) is 0 Å². The molecule has 0 unspecified atom stereocenters. The number of guanidine groups is 2. The average Bonchev–Trinajstić information content (AvgIpc) is 3.87. The van der Waals surface area contributed by atoms with Gasteiger partial charge in [-0.1, -0.05) is 48.5 Å². The third-order valence-corrected chi connectivity index (χ3v) is 8.99. The van der Waals surface area contributed by atoms with Crippen molar-refractivity contribution < 1.29 is 45.4 Å². The topological polar surface area (TPSA) is 237 Å². The van der Waals surface area contributed by atoms with Gasteiger partial charge in [-0.3, -0.25) is 30.2 Å². The maximum atomic E-state index is 13.6. The number of ether oxygens (including phenoxy) is 2. The predicted molar refractivity (Wildman–Crippen MR) is 214 cm³/mol. The zero-order valence-corrected chi connectivity index (χ0v) is 32.0. The van der Waals surface area contributed by atoms with Crippen LogP contribution in [-0.4, -0.2) is 47.8 Å². The molecule has 6 rings (SSSR count). The molecule has 0 aliphatic heterocycles. The Morgan fingerprint density at radius 2 is 1.12 bits per heavy atom. The van der Waals surface area contributed by atoms with Gasteiger partial charge >= 0.3 is 12.4 Å². The van der Waals surface area contributed by atoms with Gasteiger partial charge in [0.15, 0.2) is 11.9 Å². The molecule has 20 heteroatoms. The summed E-state index contributed by atoms with van der Waals surface area (Å²) in [4.78, 5) is 37.0. The highest BCUT2D eigenvalue weighted by Gasteiger charge is 2.35. The van der Waals surface area contributed by atoms with Gasteiger partial charge in [0.25, 0.3) is 11.8 Å². The van der Waals surface area contributed by atoms with Crippen molar-refractivity contribution in [2.24, 2.45) is 32.9 Å². The van der Waals surface area contributed by atoms with Crippen LogP contribution in [-0.2, 0) is 38.7 Å². The van der Waals surface area contributed by atoms with Crippen molar-refractivity contribution in [3.63, 3.8) is 0 Å². The van der Waals surface area contributed by atoms with E-state index < -0.39 is 35.3 Å². The second kappa shape index (κ2) is 18.7. The van der Waals surface area contributed by atoms with E-state index in [0.29, 0.717) is 6.54 Å². The van der Waals surface area contributed by atoms with Gasteiger partial charge in [-0.2, -0.15) is 26.3 Å². The van der Waals surface area contributed by atoms with E-state index in [9.17, 15) is 35.9 Å². The van der Waals surface area contributed by atoms with E-state index in [1.54, 1.807) is 12.1 Å². The van der Waals surface area contributed by atoms with Crippen LogP contribution in [0.1, 0.15) is 54.4 Å². The fraction of sp³-hybridized carbons (Fsp3) is 0.200. The Labute approximate surface area is 338 Å². The van der Waals surface area contributed by atoms with Crippen molar-refractivity contribution in [3.8, 4) is 11.5 Å². The summed E-state index contributed by atoms with van der Waals surface area (Å²) in [7, 11) is 2.74. The molecule has 0 aliphatic rings. The Bertz CT molecular complexity index is 2560. The first-order valence-corrected chi connectivity index (χ1v) is 17.8. The maximum absolute atomic E-state index is 13.6. The molecule has 12 N–H and O–H groups in total. The number of hydrogen-bond donors (Lipinski definition) is 8. The fourth-order valence-corrected chi connectivity index (χ4v) is 5.93. The number of fused-ring (bicyclic) bond motifs is 2. The van der Waals surface area contributed by atoms with Gasteiger partial charge in [0.1, 0.15) is 36.1 Å². The minimum atomic E-state index is -4.65. The van der Waals surface area contributed by atoms with Crippen molar-refractivity contribution >= 4 is 45.5 Å². The third-order valence-electron chi connectivity index (χ3n) is 8.99. The lowest BCUT2D eigenvalue weighted by molar-refractivity contribution is -0.137. The number of benzene rings is 4. The average molecular weight is 839 g/mol. The predicted octanol–water partition coefficient (Wildman–Crippen LogP) is 5.80. The van der Waals surface area contributed by atoms with Gasteiger partial charge in [0, 0.05) is 44.0 Å². The minimum absolute atomic E-state index is 0.00472.